The summed E-state index contributed by atoms with van der Waals surface area (Å²) >= 11 is 3.00. The minimum absolute atomic E-state index is 0.255. The molecule has 15 heavy (non-hydrogen) atoms. The lowest BCUT2D eigenvalue weighted by Gasteiger charge is -1.98. The molecule has 0 bridgehead atoms. The summed E-state index contributed by atoms with van der Waals surface area (Å²) in [7, 11) is -3.50. The molecule has 0 spiro atoms. The first-order valence-electron chi connectivity index (χ1n) is 4.34. The van der Waals surface area contributed by atoms with Gasteiger partial charge in [-0.1, -0.05) is 41.7 Å². The fourth-order valence-electron chi connectivity index (χ4n) is 1.10. The Bertz CT molecular complexity index is 459. The molecule has 0 atom stereocenters. The van der Waals surface area contributed by atoms with E-state index in [-0.39, 0.29) is 4.90 Å². The van der Waals surface area contributed by atoms with Gasteiger partial charge in [-0.2, -0.15) is 8.42 Å². The highest BCUT2D eigenvalue weighted by atomic mass is 32.2. The van der Waals surface area contributed by atoms with E-state index in [4.69, 9.17) is 0 Å². The van der Waals surface area contributed by atoms with Crippen LogP contribution in [0.25, 0.3) is 0 Å². The molecule has 1 aromatic rings. The Labute approximate surface area is 97.4 Å². The van der Waals surface area contributed by atoms with Gasteiger partial charge in [-0.25, -0.2) is 0 Å². The zero-order valence-corrected chi connectivity index (χ0v) is 10.2. The first-order chi connectivity index (χ1) is 7.18. The standard InChI is InChI=1S/C9H9NO2S3/c11-15(12,8-4-2-1-3-5-8)10-9-13-6-7-14-9/h1-5H,6-7H2. The van der Waals surface area contributed by atoms with Gasteiger partial charge in [-0.05, 0) is 12.1 Å². The Morgan fingerprint density at radius 2 is 1.67 bits per heavy atom. The van der Waals surface area contributed by atoms with Crippen molar-refractivity contribution in [2.45, 2.75) is 4.90 Å². The van der Waals surface area contributed by atoms with Crippen molar-refractivity contribution in [3.8, 4) is 0 Å². The zero-order valence-electron chi connectivity index (χ0n) is 7.79. The van der Waals surface area contributed by atoms with Crippen molar-refractivity contribution in [1.82, 2.24) is 0 Å². The molecule has 3 nitrogen and oxygen atoms in total. The molecule has 2 rings (SSSR count). The second kappa shape index (κ2) is 4.59. The molecule has 0 unspecified atom stereocenters. The van der Waals surface area contributed by atoms with Crippen LogP contribution in [0.2, 0.25) is 0 Å². The monoisotopic (exact) mass is 259 g/mol. The van der Waals surface area contributed by atoms with Crippen molar-refractivity contribution in [2.75, 3.05) is 11.5 Å². The number of thioether (sulfide) groups is 2. The van der Waals surface area contributed by atoms with E-state index in [1.165, 1.54) is 23.5 Å². The molecule has 1 fully saturated rings. The van der Waals surface area contributed by atoms with Crippen LogP contribution in [0.5, 0.6) is 0 Å². The van der Waals surface area contributed by atoms with Crippen LogP contribution in [0, 0.1) is 0 Å². The fourth-order valence-corrected chi connectivity index (χ4v) is 4.76. The lowest BCUT2D eigenvalue weighted by Crippen LogP contribution is -1.98. The first-order valence-corrected chi connectivity index (χ1v) is 7.75. The molecule has 0 saturated carbocycles. The summed E-state index contributed by atoms with van der Waals surface area (Å²) in [4.78, 5) is 0.255. The average Bonchev–Trinajstić information content (AvgIpc) is 2.71. The van der Waals surface area contributed by atoms with Gasteiger partial charge in [0.05, 0.1) is 4.90 Å². The maximum atomic E-state index is 11.8. The number of hydrogen-bond donors (Lipinski definition) is 0. The number of hydrogen-bond acceptors (Lipinski definition) is 4. The third-order valence-corrected chi connectivity index (χ3v) is 5.75. The Hall–Kier alpha value is -0.460. The van der Waals surface area contributed by atoms with Crippen molar-refractivity contribution in [2.24, 2.45) is 4.40 Å². The third kappa shape index (κ3) is 2.76. The minimum Gasteiger partial charge on any atom is -0.199 e. The molecule has 6 heteroatoms. The number of rotatable bonds is 2. The fraction of sp³-hybridized carbons (Fsp3) is 0.222. The van der Waals surface area contributed by atoms with Crippen molar-refractivity contribution in [1.29, 1.82) is 0 Å². The van der Waals surface area contributed by atoms with Crippen LogP contribution >= 0.6 is 23.5 Å². The molecule has 0 aliphatic carbocycles. The van der Waals surface area contributed by atoms with E-state index in [1.807, 2.05) is 0 Å². The summed E-state index contributed by atoms with van der Waals surface area (Å²) in [5.74, 6) is 1.88. The normalized spacial score (nSPS) is 16.7. The molecule has 1 aromatic carbocycles. The lowest BCUT2D eigenvalue weighted by atomic mass is 10.4. The highest BCUT2D eigenvalue weighted by Gasteiger charge is 2.17. The van der Waals surface area contributed by atoms with Crippen molar-refractivity contribution in [3.63, 3.8) is 0 Å². The van der Waals surface area contributed by atoms with Gasteiger partial charge in [-0.3, -0.25) is 0 Å². The zero-order chi connectivity index (χ0) is 10.7. The van der Waals surface area contributed by atoms with Crippen LogP contribution in [0.1, 0.15) is 0 Å². The predicted molar refractivity (Wildman–Crippen MR) is 66.0 cm³/mol. The van der Waals surface area contributed by atoms with E-state index in [9.17, 15) is 8.42 Å². The second-order valence-electron chi connectivity index (χ2n) is 2.84. The Balaban J connectivity index is 2.32. The largest absolute Gasteiger partial charge is 0.283 e. The maximum Gasteiger partial charge on any atom is 0.283 e. The molecule has 80 valence electrons. The molecule has 1 heterocycles. The SMILES string of the molecule is O=S(=O)(N=C1SCCS1)c1ccccc1. The van der Waals surface area contributed by atoms with Crippen LogP contribution in [-0.4, -0.2) is 24.3 Å². The second-order valence-corrected chi connectivity index (χ2v) is 6.87. The van der Waals surface area contributed by atoms with Gasteiger partial charge < -0.3 is 0 Å². The third-order valence-electron chi connectivity index (χ3n) is 1.77. The van der Waals surface area contributed by atoms with Crippen LogP contribution in [0.4, 0.5) is 0 Å². The van der Waals surface area contributed by atoms with Crippen LogP contribution in [0.15, 0.2) is 39.6 Å². The summed E-state index contributed by atoms with van der Waals surface area (Å²) in [5, 5.41) is 0. The van der Waals surface area contributed by atoms with E-state index in [0.717, 1.165) is 11.5 Å². The summed E-state index contributed by atoms with van der Waals surface area (Å²) in [5.41, 5.74) is 0. The van der Waals surface area contributed by atoms with E-state index in [2.05, 4.69) is 4.40 Å². The molecule has 1 saturated heterocycles. The maximum absolute atomic E-state index is 11.8. The Morgan fingerprint density at radius 1 is 1.07 bits per heavy atom. The molecule has 1 aliphatic heterocycles. The quantitative estimate of drug-likeness (QED) is 0.817. The van der Waals surface area contributed by atoms with Crippen LogP contribution in [0.3, 0.4) is 0 Å². The van der Waals surface area contributed by atoms with Crippen molar-refractivity contribution < 1.29 is 8.42 Å². The summed E-state index contributed by atoms with van der Waals surface area (Å²) in [6.45, 7) is 0. The highest BCUT2D eigenvalue weighted by Crippen LogP contribution is 2.28. The molecule has 1 aliphatic rings. The summed E-state index contributed by atoms with van der Waals surface area (Å²) < 4.78 is 28.0. The molecular formula is C9H9NO2S3. The molecular weight excluding hydrogens is 250 g/mol. The van der Waals surface area contributed by atoms with Crippen molar-refractivity contribution >= 4 is 37.9 Å². The van der Waals surface area contributed by atoms with Gasteiger partial charge in [-0.15, -0.1) is 4.40 Å². The number of nitrogens with zero attached hydrogens (tertiary/aromatic N) is 1. The number of benzene rings is 1. The van der Waals surface area contributed by atoms with Gasteiger partial charge in [0.15, 0.2) is 0 Å². The van der Waals surface area contributed by atoms with E-state index < -0.39 is 10.0 Å². The Kier molecular flexibility index (Phi) is 3.38. The molecule has 0 radical (unpaired) electrons. The smallest absolute Gasteiger partial charge is 0.199 e. The highest BCUT2D eigenvalue weighted by molar-refractivity contribution is 8.41. The number of sulfonamides is 1. The minimum atomic E-state index is -3.50. The Morgan fingerprint density at radius 3 is 2.27 bits per heavy atom. The van der Waals surface area contributed by atoms with Gasteiger partial charge in [0, 0.05) is 11.5 Å². The van der Waals surface area contributed by atoms with E-state index in [1.54, 1.807) is 30.3 Å². The van der Waals surface area contributed by atoms with E-state index in [0.29, 0.717) is 4.38 Å². The van der Waals surface area contributed by atoms with Gasteiger partial charge >= 0.3 is 0 Å². The van der Waals surface area contributed by atoms with E-state index >= 15 is 0 Å². The first kappa shape index (κ1) is 11.0. The topological polar surface area (TPSA) is 46.5 Å². The predicted octanol–water partition coefficient (Wildman–Crippen LogP) is 2.21. The van der Waals surface area contributed by atoms with Crippen LogP contribution < -0.4 is 0 Å². The summed E-state index contributed by atoms with van der Waals surface area (Å²) in [6.07, 6.45) is 0. The van der Waals surface area contributed by atoms with Gasteiger partial charge in [0.2, 0.25) is 0 Å². The van der Waals surface area contributed by atoms with Gasteiger partial charge in [0.25, 0.3) is 10.0 Å². The molecule has 0 amide bonds. The lowest BCUT2D eigenvalue weighted by molar-refractivity contribution is 0.598. The van der Waals surface area contributed by atoms with Gasteiger partial charge in [0.1, 0.15) is 4.38 Å². The molecule has 0 aromatic heterocycles. The molecule has 0 N–H and O–H groups in total. The average molecular weight is 259 g/mol. The van der Waals surface area contributed by atoms with Crippen molar-refractivity contribution in [3.05, 3.63) is 30.3 Å². The van der Waals surface area contributed by atoms with Crippen LogP contribution in [-0.2, 0) is 10.0 Å². The summed E-state index contributed by atoms with van der Waals surface area (Å²) in [6, 6.07) is 8.29.